The van der Waals surface area contributed by atoms with Crippen LogP contribution in [0, 0.1) is 0 Å². The Balaban J connectivity index is 1.94. The number of amides is 3. The van der Waals surface area contributed by atoms with E-state index in [2.05, 4.69) is 31.0 Å². The van der Waals surface area contributed by atoms with Gasteiger partial charge < -0.3 is 19.7 Å². The van der Waals surface area contributed by atoms with Crippen LogP contribution >= 0.6 is 0 Å². The number of ether oxygens (including phenoxy) is 2. The van der Waals surface area contributed by atoms with E-state index in [4.69, 9.17) is 9.47 Å². The minimum absolute atomic E-state index is 0.0109. The van der Waals surface area contributed by atoms with Crippen molar-refractivity contribution >= 4 is 17.9 Å². The highest BCUT2D eigenvalue weighted by Gasteiger charge is 2.38. The molecule has 3 amide bonds. The molecule has 2 aliphatic heterocycles. The molecule has 1 fully saturated rings. The number of nitrogens with one attached hydrogen (secondary N) is 1. The second-order valence-corrected chi connectivity index (χ2v) is 10.5. The summed E-state index contributed by atoms with van der Waals surface area (Å²) in [6.07, 6.45) is 0. The van der Waals surface area contributed by atoms with Gasteiger partial charge in [-0.05, 0) is 30.4 Å². The van der Waals surface area contributed by atoms with Crippen molar-refractivity contribution in [2.75, 3.05) is 53.6 Å². The highest BCUT2D eigenvalue weighted by molar-refractivity contribution is 5.95. The van der Waals surface area contributed by atoms with Gasteiger partial charge in [-0.25, -0.2) is 9.59 Å². The van der Waals surface area contributed by atoms with Crippen LogP contribution in [0.25, 0.3) is 0 Å². The summed E-state index contributed by atoms with van der Waals surface area (Å²) in [5, 5.41) is 2.99. The molecule has 0 aliphatic carbocycles. The Kier molecular flexibility index (Phi) is 8.79. The maximum atomic E-state index is 13.2. The van der Waals surface area contributed by atoms with Crippen LogP contribution in [0.15, 0.2) is 35.5 Å². The van der Waals surface area contributed by atoms with Crippen molar-refractivity contribution in [3.63, 3.8) is 0 Å². The largest absolute Gasteiger partial charge is 0.463 e. The van der Waals surface area contributed by atoms with E-state index in [1.165, 1.54) is 17.6 Å². The number of carbonyl (C=O) groups excluding carboxylic acids is 3. The standard InChI is InChI=1S/C27H40N4O5/c1-8-36-25(33)23-21(16-30-13-14-31(18(2)15-30)22(32)17-35-7)29(6)26(34)28-24(23)19-9-11-20(12-10-19)27(3,4)5/h9-12,18,24H,8,13-17H2,1-7H3,(H,28,34). The molecule has 9 heteroatoms. The normalized spacial score (nSPS) is 21.5. The van der Waals surface area contributed by atoms with E-state index >= 15 is 0 Å². The smallest absolute Gasteiger partial charge is 0.338 e. The summed E-state index contributed by atoms with van der Waals surface area (Å²) >= 11 is 0. The van der Waals surface area contributed by atoms with Gasteiger partial charge in [-0.1, -0.05) is 45.0 Å². The van der Waals surface area contributed by atoms with Crippen molar-refractivity contribution < 1.29 is 23.9 Å². The van der Waals surface area contributed by atoms with Crippen molar-refractivity contribution in [1.82, 2.24) is 20.0 Å². The van der Waals surface area contributed by atoms with Gasteiger partial charge in [0.15, 0.2) is 0 Å². The topological polar surface area (TPSA) is 91.4 Å². The number of urea groups is 1. The number of rotatable bonds is 7. The monoisotopic (exact) mass is 500 g/mol. The van der Waals surface area contributed by atoms with Gasteiger partial charge in [-0.3, -0.25) is 14.6 Å². The Morgan fingerprint density at radius 1 is 1.14 bits per heavy atom. The minimum atomic E-state index is -0.612. The number of esters is 1. The summed E-state index contributed by atoms with van der Waals surface area (Å²) in [4.78, 5) is 44.1. The van der Waals surface area contributed by atoms with Gasteiger partial charge in [0, 0.05) is 52.1 Å². The fraction of sp³-hybridized carbons (Fsp3) is 0.593. The zero-order valence-corrected chi connectivity index (χ0v) is 22.6. The highest BCUT2D eigenvalue weighted by Crippen LogP contribution is 2.33. The van der Waals surface area contributed by atoms with E-state index in [-0.39, 0.29) is 36.6 Å². The van der Waals surface area contributed by atoms with E-state index in [9.17, 15) is 14.4 Å². The predicted octanol–water partition coefficient (Wildman–Crippen LogP) is 2.68. The highest BCUT2D eigenvalue weighted by atomic mass is 16.5. The third-order valence-electron chi connectivity index (χ3n) is 6.86. The van der Waals surface area contributed by atoms with E-state index in [0.717, 1.165) is 5.56 Å². The lowest BCUT2D eigenvalue weighted by molar-refractivity contribution is -0.139. The van der Waals surface area contributed by atoms with Crippen LogP contribution < -0.4 is 5.32 Å². The van der Waals surface area contributed by atoms with Crippen molar-refractivity contribution in [3.05, 3.63) is 46.7 Å². The molecular formula is C27H40N4O5. The average molecular weight is 501 g/mol. The van der Waals surface area contributed by atoms with Crippen LogP contribution in [0.5, 0.6) is 0 Å². The third-order valence-corrected chi connectivity index (χ3v) is 6.86. The average Bonchev–Trinajstić information content (AvgIpc) is 2.81. The Bertz CT molecular complexity index is 998. The molecule has 0 radical (unpaired) electrons. The number of piperazine rings is 1. The van der Waals surface area contributed by atoms with Crippen molar-refractivity contribution in [2.24, 2.45) is 0 Å². The molecule has 198 valence electrons. The molecule has 0 spiro atoms. The van der Waals surface area contributed by atoms with Gasteiger partial charge in [0.2, 0.25) is 5.91 Å². The number of carbonyl (C=O) groups is 3. The molecule has 0 saturated carbocycles. The van der Waals surface area contributed by atoms with Crippen molar-refractivity contribution in [1.29, 1.82) is 0 Å². The van der Waals surface area contributed by atoms with E-state index in [0.29, 0.717) is 37.4 Å². The molecule has 9 nitrogen and oxygen atoms in total. The van der Waals surface area contributed by atoms with Gasteiger partial charge in [0.05, 0.1) is 18.2 Å². The Morgan fingerprint density at radius 2 is 1.81 bits per heavy atom. The maximum Gasteiger partial charge on any atom is 0.338 e. The fourth-order valence-electron chi connectivity index (χ4n) is 4.79. The number of hydrogen-bond donors (Lipinski definition) is 1. The lowest BCUT2D eigenvalue weighted by Crippen LogP contribution is -2.56. The molecule has 2 atom stereocenters. The summed E-state index contributed by atoms with van der Waals surface area (Å²) in [5.74, 6) is -0.477. The second kappa shape index (κ2) is 11.4. The summed E-state index contributed by atoms with van der Waals surface area (Å²) in [7, 11) is 3.18. The Labute approximate surface area is 214 Å². The summed E-state index contributed by atoms with van der Waals surface area (Å²) < 4.78 is 10.5. The lowest BCUT2D eigenvalue weighted by Gasteiger charge is -2.42. The van der Waals surface area contributed by atoms with Crippen molar-refractivity contribution in [2.45, 2.75) is 52.1 Å². The minimum Gasteiger partial charge on any atom is -0.463 e. The van der Waals surface area contributed by atoms with Crippen molar-refractivity contribution in [3.8, 4) is 0 Å². The molecule has 1 aromatic carbocycles. The van der Waals surface area contributed by atoms with E-state index < -0.39 is 12.0 Å². The second-order valence-electron chi connectivity index (χ2n) is 10.5. The quantitative estimate of drug-likeness (QED) is 0.579. The van der Waals surface area contributed by atoms with Crippen LogP contribution in [0.2, 0.25) is 0 Å². The first kappa shape index (κ1) is 27.7. The molecule has 36 heavy (non-hydrogen) atoms. The molecule has 0 aromatic heterocycles. The van der Waals surface area contributed by atoms with Crippen LogP contribution in [0.3, 0.4) is 0 Å². The molecule has 1 saturated heterocycles. The molecule has 2 heterocycles. The Hall–Kier alpha value is -2.91. The van der Waals surface area contributed by atoms with Crippen LogP contribution in [-0.4, -0.2) is 92.2 Å². The first-order valence-electron chi connectivity index (χ1n) is 12.5. The van der Waals surface area contributed by atoms with Gasteiger partial charge in [-0.15, -0.1) is 0 Å². The predicted molar refractivity (Wildman–Crippen MR) is 137 cm³/mol. The molecule has 2 unspecified atom stereocenters. The first-order chi connectivity index (χ1) is 17.0. The maximum absolute atomic E-state index is 13.2. The zero-order valence-electron chi connectivity index (χ0n) is 22.6. The zero-order chi connectivity index (χ0) is 26.6. The number of likely N-dealkylation sites (N-methyl/N-ethyl adjacent to an activating group) is 1. The summed E-state index contributed by atoms with van der Waals surface area (Å²) in [5.41, 5.74) is 3.04. The fourth-order valence-corrected chi connectivity index (χ4v) is 4.79. The summed E-state index contributed by atoms with van der Waals surface area (Å²) in [6, 6.07) is 7.12. The third kappa shape index (κ3) is 6.07. The lowest BCUT2D eigenvalue weighted by atomic mass is 9.85. The first-order valence-corrected chi connectivity index (χ1v) is 12.5. The van der Waals surface area contributed by atoms with E-state index in [1.54, 1.807) is 14.0 Å². The Morgan fingerprint density at radius 3 is 2.36 bits per heavy atom. The summed E-state index contributed by atoms with van der Waals surface area (Å²) in [6.45, 7) is 12.7. The molecule has 1 aromatic rings. The number of nitrogens with zero attached hydrogens (tertiary/aromatic N) is 3. The van der Waals surface area contributed by atoms with Crippen LogP contribution in [0.1, 0.15) is 51.8 Å². The number of hydrogen-bond acceptors (Lipinski definition) is 6. The van der Waals surface area contributed by atoms with Crippen LogP contribution in [0.4, 0.5) is 4.79 Å². The van der Waals surface area contributed by atoms with Gasteiger partial charge in [-0.2, -0.15) is 0 Å². The SMILES string of the molecule is CCOC(=O)C1=C(CN2CCN(C(=O)COC)C(C)C2)N(C)C(=O)NC1c1ccc(C(C)(C)C)cc1. The molecule has 3 rings (SSSR count). The van der Waals surface area contributed by atoms with E-state index in [1.807, 2.05) is 36.1 Å². The van der Waals surface area contributed by atoms with Gasteiger partial charge >= 0.3 is 12.0 Å². The molecule has 0 bridgehead atoms. The van der Waals surface area contributed by atoms with Gasteiger partial charge in [0.1, 0.15) is 6.61 Å². The molecule has 2 aliphatic rings. The van der Waals surface area contributed by atoms with Gasteiger partial charge in [0.25, 0.3) is 0 Å². The molecule has 1 N–H and O–H groups in total. The number of benzene rings is 1. The van der Waals surface area contributed by atoms with Crippen LogP contribution in [-0.2, 0) is 24.5 Å². The molecular weight excluding hydrogens is 460 g/mol. The number of methoxy groups -OCH3 is 1.